The third-order valence-electron chi connectivity index (χ3n) is 3.44. The number of nitrogens with one attached hydrogen (secondary N) is 1. The third-order valence-corrected chi connectivity index (χ3v) is 4.79. The quantitative estimate of drug-likeness (QED) is 0.845. The van der Waals surface area contributed by atoms with Gasteiger partial charge in [-0.3, -0.25) is 0 Å². The van der Waals surface area contributed by atoms with Crippen molar-refractivity contribution in [3.8, 4) is 5.75 Å². The summed E-state index contributed by atoms with van der Waals surface area (Å²) in [7, 11) is -1.93. The molecule has 4 nitrogen and oxygen atoms in total. The predicted octanol–water partition coefficient (Wildman–Crippen LogP) is 2.80. The molecule has 0 aliphatic heterocycles. The highest BCUT2D eigenvalue weighted by Gasteiger charge is 2.12. The second-order valence-corrected chi connectivity index (χ2v) is 7.15. The number of hydrogen-bond donors (Lipinski definition) is 1. The van der Waals surface area contributed by atoms with Crippen molar-refractivity contribution < 1.29 is 17.5 Å². The van der Waals surface area contributed by atoms with E-state index >= 15 is 0 Å². The van der Waals surface area contributed by atoms with Crippen molar-refractivity contribution in [2.24, 2.45) is 0 Å². The molecule has 1 N–H and O–H groups in total. The van der Waals surface area contributed by atoms with E-state index in [1.54, 1.807) is 12.1 Å². The van der Waals surface area contributed by atoms with Crippen LogP contribution in [-0.2, 0) is 22.2 Å². The van der Waals surface area contributed by atoms with E-state index in [2.05, 4.69) is 4.72 Å². The van der Waals surface area contributed by atoms with Gasteiger partial charge in [-0.05, 0) is 42.7 Å². The maximum absolute atomic E-state index is 13.3. The molecule has 0 atom stereocenters. The number of methoxy groups -OCH3 is 1. The summed E-state index contributed by atoms with van der Waals surface area (Å²) in [4.78, 5) is 0. The van der Waals surface area contributed by atoms with Crippen LogP contribution in [0.3, 0.4) is 0 Å². The van der Waals surface area contributed by atoms with Crippen molar-refractivity contribution in [2.75, 3.05) is 13.7 Å². The van der Waals surface area contributed by atoms with Crippen molar-refractivity contribution in [1.82, 2.24) is 4.72 Å². The van der Waals surface area contributed by atoms with Gasteiger partial charge in [0.25, 0.3) is 0 Å². The lowest BCUT2D eigenvalue weighted by Gasteiger charge is -2.10. The summed E-state index contributed by atoms with van der Waals surface area (Å²) in [5.41, 5.74) is 2.44. The van der Waals surface area contributed by atoms with E-state index in [4.69, 9.17) is 4.74 Å². The van der Waals surface area contributed by atoms with Gasteiger partial charge in [-0.1, -0.05) is 29.8 Å². The van der Waals surface area contributed by atoms with Crippen LogP contribution >= 0.6 is 0 Å². The molecule has 2 aromatic rings. The van der Waals surface area contributed by atoms with E-state index in [9.17, 15) is 12.8 Å². The maximum Gasteiger partial charge on any atom is 0.215 e. The van der Waals surface area contributed by atoms with Gasteiger partial charge in [-0.15, -0.1) is 0 Å². The lowest BCUT2D eigenvalue weighted by Crippen LogP contribution is -2.27. The molecule has 2 rings (SSSR count). The first-order chi connectivity index (χ1) is 10.9. The van der Waals surface area contributed by atoms with Crippen molar-refractivity contribution in [2.45, 2.75) is 19.1 Å². The van der Waals surface area contributed by atoms with Gasteiger partial charge in [0.05, 0.1) is 12.9 Å². The Hall–Kier alpha value is -1.92. The average molecular weight is 337 g/mol. The highest BCUT2D eigenvalue weighted by Crippen LogP contribution is 2.19. The molecule has 0 bridgehead atoms. The van der Waals surface area contributed by atoms with E-state index in [-0.39, 0.29) is 18.1 Å². The Kier molecular flexibility index (Phi) is 5.74. The van der Waals surface area contributed by atoms with E-state index in [0.29, 0.717) is 17.7 Å². The Morgan fingerprint density at radius 2 is 1.83 bits per heavy atom. The number of ether oxygens (including phenoxy) is 1. The molecule has 0 fully saturated rings. The zero-order chi connectivity index (χ0) is 16.9. The molecule has 0 saturated carbocycles. The third kappa shape index (κ3) is 5.33. The molecule has 0 saturated heterocycles. The van der Waals surface area contributed by atoms with Crippen LogP contribution in [0.4, 0.5) is 4.39 Å². The molecule has 124 valence electrons. The van der Waals surface area contributed by atoms with Gasteiger partial charge in [0.1, 0.15) is 11.6 Å². The second-order valence-electron chi connectivity index (χ2n) is 5.35. The highest BCUT2D eigenvalue weighted by molar-refractivity contribution is 7.88. The minimum Gasteiger partial charge on any atom is -0.496 e. The van der Waals surface area contributed by atoms with Crippen LogP contribution in [0.2, 0.25) is 0 Å². The molecule has 0 radical (unpaired) electrons. The molecular formula is C17H20FNO3S. The van der Waals surface area contributed by atoms with Crippen LogP contribution in [0, 0.1) is 12.7 Å². The summed E-state index contributed by atoms with van der Waals surface area (Å²) < 4.78 is 45.1. The molecule has 0 aliphatic carbocycles. The van der Waals surface area contributed by atoms with Crippen molar-refractivity contribution in [3.05, 3.63) is 65.0 Å². The summed E-state index contributed by atoms with van der Waals surface area (Å²) in [6.45, 7) is 2.14. The molecule has 0 heterocycles. The summed E-state index contributed by atoms with van der Waals surface area (Å²) in [5.74, 6) is 0.0977. The van der Waals surface area contributed by atoms with Gasteiger partial charge in [0, 0.05) is 6.54 Å². The van der Waals surface area contributed by atoms with Crippen LogP contribution in [0.25, 0.3) is 0 Å². The Morgan fingerprint density at radius 1 is 1.13 bits per heavy atom. The van der Waals surface area contributed by atoms with Gasteiger partial charge in [-0.25, -0.2) is 17.5 Å². The summed E-state index contributed by atoms with van der Waals surface area (Å²) in [5, 5.41) is 0. The minimum atomic E-state index is -3.43. The van der Waals surface area contributed by atoms with Gasteiger partial charge in [0.15, 0.2) is 0 Å². The largest absolute Gasteiger partial charge is 0.496 e. The normalized spacial score (nSPS) is 11.4. The lowest BCUT2D eigenvalue weighted by molar-refractivity contribution is 0.408. The molecule has 6 heteroatoms. The summed E-state index contributed by atoms with van der Waals surface area (Å²) in [6.07, 6.45) is 0.355. The zero-order valence-corrected chi connectivity index (χ0v) is 14.0. The first-order valence-electron chi connectivity index (χ1n) is 7.25. The van der Waals surface area contributed by atoms with E-state index < -0.39 is 10.0 Å². The molecule has 23 heavy (non-hydrogen) atoms. The molecule has 0 amide bonds. The number of benzene rings is 2. The average Bonchev–Trinajstić information content (AvgIpc) is 2.49. The Balaban J connectivity index is 1.94. The van der Waals surface area contributed by atoms with Gasteiger partial charge in [-0.2, -0.15) is 0 Å². The van der Waals surface area contributed by atoms with Crippen LogP contribution in [0.5, 0.6) is 5.75 Å². The van der Waals surface area contributed by atoms with Crippen molar-refractivity contribution in [1.29, 1.82) is 0 Å². The molecule has 0 unspecified atom stereocenters. The highest BCUT2D eigenvalue weighted by atomic mass is 32.2. The first kappa shape index (κ1) is 17.4. The topological polar surface area (TPSA) is 55.4 Å². The fraction of sp³-hybridized carbons (Fsp3) is 0.294. The maximum atomic E-state index is 13.3. The standard InChI is InChI=1S/C17H20FNO3S/c1-13-3-5-14(6-4-13)12-23(20,21)19-10-9-15-11-16(18)7-8-17(15)22-2/h3-8,11,19H,9-10,12H2,1-2H3. The molecule has 0 spiro atoms. The number of halogens is 1. The minimum absolute atomic E-state index is 0.0758. The number of aryl methyl sites for hydroxylation is 1. The summed E-state index contributed by atoms with van der Waals surface area (Å²) >= 11 is 0. The number of sulfonamides is 1. The van der Waals surface area contributed by atoms with Crippen LogP contribution < -0.4 is 9.46 Å². The molecule has 0 aromatic heterocycles. The van der Waals surface area contributed by atoms with E-state index in [1.165, 1.54) is 25.3 Å². The second kappa shape index (κ2) is 7.57. The van der Waals surface area contributed by atoms with Gasteiger partial charge in [0.2, 0.25) is 10.0 Å². The van der Waals surface area contributed by atoms with Crippen LogP contribution in [0.1, 0.15) is 16.7 Å². The Labute approximate surface area is 136 Å². The lowest BCUT2D eigenvalue weighted by atomic mass is 10.1. The van der Waals surface area contributed by atoms with E-state index in [0.717, 1.165) is 11.1 Å². The monoisotopic (exact) mass is 337 g/mol. The predicted molar refractivity (Wildman–Crippen MR) is 88.5 cm³/mol. The van der Waals surface area contributed by atoms with Crippen LogP contribution in [0.15, 0.2) is 42.5 Å². The first-order valence-corrected chi connectivity index (χ1v) is 8.90. The van der Waals surface area contributed by atoms with Crippen molar-refractivity contribution >= 4 is 10.0 Å². The molecular weight excluding hydrogens is 317 g/mol. The SMILES string of the molecule is COc1ccc(F)cc1CCNS(=O)(=O)Cc1ccc(C)cc1. The summed E-state index contributed by atoms with van der Waals surface area (Å²) in [6, 6.07) is 11.5. The molecule has 2 aromatic carbocycles. The van der Waals surface area contributed by atoms with Crippen LogP contribution in [-0.4, -0.2) is 22.1 Å². The number of rotatable bonds is 7. The number of hydrogen-bond acceptors (Lipinski definition) is 3. The van der Waals surface area contributed by atoms with Gasteiger partial charge < -0.3 is 4.74 Å². The smallest absolute Gasteiger partial charge is 0.215 e. The fourth-order valence-electron chi connectivity index (χ4n) is 2.24. The van der Waals surface area contributed by atoms with Gasteiger partial charge >= 0.3 is 0 Å². The Morgan fingerprint density at radius 3 is 2.48 bits per heavy atom. The molecule has 0 aliphatic rings. The Bertz CT molecular complexity index is 758. The van der Waals surface area contributed by atoms with E-state index in [1.807, 2.05) is 19.1 Å². The zero-order valence-electron chi connectivity index (χ0n) is 13.2. The van der Waals surface area contributed by atoms with Crippen molar-refractivity contribution in [3.63, 3.8) is 0 Å². The fourth-order valence-corrected chi connectivity index (χ4v) is 3.38.